The molecule has 0 unspecified atom stereocenters. The minimum Gasteiger partial charge on any atom is -0.482 e. The number of carbonyl (C=O) groups is 1. The fourth-order valence-electron chi connectivity index (χ4n) is 1.58. The molecule has 0 spiro atoms. The van der Waals surface area contributed by atoms with Crippen LogP contribution in [0, 0.1) is 6.92 Å². The number of hydrogen-bond acceptors (Lipinski definition) is 4. The summed E-state index contributed by atoms with van der Waals surface area (Å²) in [7, 11) is 0. The fraction of sp³-hybridized carbons (Fsp3) is 0.333. The van der Waals surface area contributed by atoms with Crippen LogP contribution < -0.4 is 4.74 Å². The van der Waals surface area contributed by atoms with Crippen LogP contribution >= 0.6 is 0 Å². The first-order valence-corrected chi connectivity index (χ1v) is 5.58. The number of aromatic carboxylic acids is 1. The zero-order valence-electron chi connectivity index (χ0n) is 10.2. The predicted octanol–water partition coefficient (Wildman–Crippen LogP) is 2.08. The van der Waals surface area contributed by atoms with E-state index in [0.29, 0.717) is 17.1 Å². The van der Waals surface area contributed by atoms with Gasteiger partial charge in [0.1, 0.15) is 12.4 Å². The fourth-order valence-corrected chi connectivity index (χ4v) is 1.58. The molecule has 6 heteroatoms. The summed E-state index contributed by atoms with van der Waals surface area (Å²) in [5.74, 6) is -0.00710. The number of furan rings is 1. The monoisotopic (exact) mass is 250 g/mol. The first-order chi connectivity index (χ1) is 8.60. The number of carboxylic acids is 1. The van der Waals surface area contributed by atoms with Gasteiger partial charge in [-0.2, -0.15) is 5.10 Å². The molecule has 0 aliphatic carbocycles. The Kier molecular flexibility index (Phi) is 3.36. The lowest BCUT2D eigenvalue weighted by molar-refractivity contribution is 0.0657. The van der Waals surface area contributed by atoms with E-state index in [1.165, 1.54) is 0 Å². The maximum atomic E-state index is 10.8. The smallest absolute Gasteiger partial charge is 0.372 e. The van der Waals surface area contributed by atoms with Crippen molar-refractivity contribution in [1.29, 1.82) is 0 Å². The second-order valence-electron chi connectivity index (χ2n) is 3.85. The van der Waals surface area contributed by atoms with Gasteiger partial charge in [0, 0.05) is 12.1 Å². The van der Waals surface area contributed by atoms with Crippen molar-refractivity contribution in [1.82, 2.24) is 9.78 Å². The Hall–Kier alpha value is -2.24. The van der Waals surface area contributed by atoms with Crippen molar-refractivity contribution in [2.24, 2.45) is 0 Å². The van der Waals surface area contributed by atoms with Crippen molar-refractivity contribution in [3.63, 3.8) is 0 Å². The molecule has 96 valence electrons. The molecule has 2 aromatic heterocycles. The molecule has 0 saturated carbocycles. The first kappa shape index (κ1) is 12.2. The normalized spacial score (nSPS) is 10.6. The molecule has 2 aromatic rings. The molecule has 0 amide bonds. The highest BCUT2D eigenvalue weighted by molar-refractivity contribution is 5.86. The van der Waals surface area contributed by atoms with Gasteiger partial charge in [-0.1, -0.05) is 0 Å². The van der Waals surface area contributed by atoms with E-state index in [-0.39, 0.29) is 12.4 Å². The van der Waals surface area contributed by atoms with Gasteiger partial charge in [0.25, 0.3) is 0 Å². The van der Waals surface area contributed by atoms with Gasteiger partial charge in [0.05, 0.1) is 12.4 Å². The summed E-state index contributed by atoms with van der Waals surface area (Å²) >= 11 is 0. The van der Waals surface area contributed by atoms with Gasteiger partial charge in [-0.15, -0.1) is 0 Å². The molecule has 1 N–H and O–H groups in total. The Morgan fingerprint density at radius 3 is 2.94 bits per heavy atom. The molecule has 0 aliphatic heterocycles. The van der Waals surface area contributed by atoms with Gasteiger partial charge >= 0.3 is 5.97 Å². The molecular formula is C12H14N2O4. The third-order valence-electron chi connectivity index (χ3n) is 2.48. The van der Waals surface area contributed by atoms with E-state index in [2.05, 4.69) is 5.10 Å². The van der Waals surface area contributed by atoms with Gasteiger partial charge in [0.2, 0.25) is 5.76 Å². The minimum atomic E-state index is -1.07. The first-order valence-electron chi connectivity index (χ1n) is 5.58. The quantitative estimate of drug-likeness (QED) is 0.879. The molecular weight excluding hydrogens is 236 g/mol. The van der Waals surface area contributed by atoms with Crippen molar-refractivity contribution >= 4 is 5.97 Å². The summed E-state index contributed by atoms with van der Waals surface area (Å²) in [6.07, 6.45) is 3.38. The van der Waals surface area contributed by atoms with Crippen LogP contribution in [0.1, 0.15) is 28.8 Å². The topological polar surface area (TPSA) is 77.5 Å². The van der Waals surface area contributed by atoms with E-state index in [1.807, 2.05) is 6.92 Å². The zero-order chi connectivity index (χ0) is 13.1. The second kappa shape index (κ2) is 4.95. The molecule has 0 fully saturated rings. The highest BCUT2D eigenvalue weighted by Crippen LogP contribution is 2.17. The van der Waals surface area contributed by atoms with E-state index < -0.39 is 5.97 Å². The lowest BCUT2D eigenvalue weighted by Crippen LogP contribution is -1.96. The van der Waals surface area contributed by atoms with E-state index in [9.17, 15) is 4.79 Å². The number of aromatic nitrogens is 2. The van der Waals surface area contributed by atoms with Crippen molar-refractivity contribution < 1.29 is 19.1 Å². The maximum Gasteiger partial charge on any atom is 0.372 e. The van der Waals surface area contributed by atoms with Crippen LogP contribution in [0.4, 0.5) is 0 Å². The lowest BCUT2D eigenvalue weighted by atomic mass is 10.3. The van der Waals surface area contributed by atoms with Crippen LogP contribution in [-0.2, 0) is 13.2 Å². The van der Waals surface area contributed by atoms with Crippen LogP contribution in [0.25, 0.3) is 0 Å². The Balaban J connectivity index is 2.01. The van der Waals surface area contributed by atoms with Crippen LogP contribution in [0.3, 0.4) is 0 Å². The third kappa shape index (κ3) is 2.53. The van der Waals surface area contributed by atoms with Gasteiger partial charge < -0.3 is 14.3 Å². The zero-order valence-corrected chi connectivity index (χ0v) is 10.2. The van der Waals surface area contributed by atoms with E-state index in [4.69, 9.17) is 14.3 Å². The lowest BCUT2D eigenvalue weighted by Gasteiger charge is -1.99. The van der Waals surface area contributed by atoms with Crippen LogP contribution in [0.2, 0.25) is 0 Å². The molecule has 2 heterocycles. The maximum absolute atomic E-state index is 10.8. The van der Waals surface area contributed by atoms with Gasteiger partial charge in [-0.25, -0.2) is 4.79 Å². The number of nitrogens with zero attached hydrogens (tertiary/aromatic N) is 2. The molecule has 0 aromatic carbocycles. The van der Waals surface area contributed by atoms with Crippen LogP contribution in [0.15, 0.2) is 22.9 Å². The third-order valence-corrected chi connectivity index (χ3v) is 2.48. The Bertz CT molecular complexity index is 556. The van der Waals surface area contributed by atoms with Gasteiger partial charge in [-0.3, -0.25) is 4.68 Å². The SMILES string of the molecule is CCn1cc(OCc2cc(C)c(C(=O)O)o2)cn1. The summed E-state index contributed by atoms with van der Waals surface area (Å²) in [5.41, 5.74) is 0.588. The van der Waals surface area contributed by atoms with E-state index >= 15 is 0 Å². The Labute approximate surface area is 104 Å². The van der Waals surface area contributed by atoms with E-state index in [0.717, 1.165) is 6.54 Å². The number of rotatable bonds is 5. The Morgan fingerprint density at radius 2 is 2.39 bits per heavy atom. The predicted molar refractivity (Wildman–Crippen MR) is 62.6 cm³/mol. The minimum absolute atomic E-state index is 0.0437. The molecule has 0 atom stereocenters. The molecule has 18 heavy (non-hydrogen) atoms. The molecule has 2 rings (SSSR count). The van der Waals surface area contributed by atoms with Gasteiger partial charge in [-0.05, 0) is 19.9 Å². The van der Waals surface area contributed by atoms with Crippen LogP contribution in [0.5, 0.6) is 5.75 Å². The number of hydrogen-bond donors (Lipinski definition) is 1. The summed E-state index contributed by atoms with van der Waals surface area (Å²) < 4.78 is 12.4. The molecule has 6 nitrogen and oxygen atoms in total. The van der Waals surface area contributed by atoms with Crippen molar-refractivity contribution in [2.75, 3.05) is 0 Å². The molecule has 0 bridgehead atoms. The summed E-state index contributed by atoms with van der Waals surface area (Å²) in [6, 6.07) is 1.66. The van der Waals surface area contributed by atoms with Crippen molar-refractivity contribution in [3.05, 3.63) is 35.5 Å². The van der Waals surface area contributed by atoms with E-state index in [1.54, 1.807) is 30.1 Å². The Morgan fingerprint density at radius 1 is 1.61 bits per heavy atom. The van der Waals surface area contributed by atoms with Crippen molar-refractivity contribution in [2.45, 2.75) is 27.0 Å². The molecule has 0 saturated heterocycles. The van der Waals surface area contributed by atoms with Crippen LogP contribution in [-0.4, -0.2) is 20.9 Å². The average molecular weight is 250 g/mol. The van der Waals surface area contributed by atoms with Crippen molar-refractivity contribution in [3.8, 4) is 5.75 Å². The summed E-state index contributed by atoms with van der Waals surface area (Å²) in [6.45, 7) is 4.62. The highest BCUT2D eigenvalue weighted by Gasteiger charge is 2.14. The number of ether oxygens (including phenoxy) is 1. The largest absolute Gasteiger partial charge is 0.482 e. The number of carboxylic acid groups (broad SMARTS) is 1. The number of aryl methyl sites for hydroxylation is 2. The molecule has 0 radical (unpaired) electrons. The highest BCUT2D eigenvalue weighted by atomic mass is 16.5. The average Bonchev–Trinajstić information content (AvgIpc) is 2.92. The molecule has 0 aliphatic rings. The standard InChI is InChI=1S/C12H14N2O4/c1-3-14-6-10(5-13-14)17-7-9-4-8(2)11(18-9)12(15)16/h4-6H,3,7H2,1-2H3,(H,15,16). The van der Waals surface area contributed by atoms with Gasteiger partial charge in [0.15, 0.2) is 5.75 Å². The summed E-state index contributed by atoms with van der Waals surface area (Å²) in [4.78, 5) is 10.8. The summed E-state index contributed by atoms with van der Waals surface area (Å²) in [5, 5.41) is 12.9. The second-order valence-corrected chi connectivity index (χ2v) is 3.85.